The molecule has 0 aliphatic rings. The van der Waals surface area contributed by atoms with Gasteiger partial charge in [0.2, 0.25) is 5.91 Å². The number of nitrogens with one attached hydrogen (secondary N) is 3. The topological polar surface area (TPSA) is 105 Å². The molecule has 3 rings (SSSR count). The van der Waals surface area contributed by atoms with Gasteiger partial charge in [0.25, 0.3) is 5.56 Å². The van der Waals surface area contributed by atoms with Crippen molar-refractivity contribution < 1.29 is 14.3 Å². The Morgan fingerprint density at radius 3 is 1.84 bits per heavy atom. The van der Waals surface area contributed by atoms with Gasteiger partial charge >= 0.3 is 5.97 Å². The number of aromatic amines is 1. The van der Waals surface area contributed by atoms with Crippen molar-refractivity contribution >= 4 is 63.9 Å². The number of ether oxygens (including phenoxy) is 1. The molecule has 0 aliphatic carbocycles. The highest BCUT2D eigenvalue weighted by Crippen LogP contribution is 2.31. The number of hydrogen-bond acceptors (Lipinski definition) is 5. The van der Waals surface area contributed by atoms with Crippen molar-refractivity contribution in [3.05, 3.63) is 67.4 Å². The van der Waals surface area contributed by atoms with Gasteiger partial charge in [-0.2, -0.15) is 0 Å². The number of aromatic nitrogens is 2. The zero-order valence-electron chi connectivity index (χ0n) is 29.1. The zero-order chi connectivity index (χ0) is 35.4. The molecule has 0 saturated heterocycles. The van der Waals surface area contributed by atoms with Crippen molar-refractivity contribution in [2.45, 2.75) is 129 Å². The molecule has 1 amide bonds. The third kappa shape index (κ3) is 14.4. The summed E-state index contributed by atoms with van der Waals surface area (Å²) in [5, 5.41) is 9.58. The van der Waals surface area contributed by atoms with Crippen molar-refractivity contribution in [3.63, 3.8) is 0 Å². The Kier molecular flexibility index (Phi) is 18.8. The summed E-state index contributed by atoms with van der Waals surface area (Å²) >= 11 is 19.4. The molecule has 0 radical (unpaired) electrons. The van der Waals surface area contributed by atoms with Gasteiger partial charge < -0.3 is 15.4 Å². The number of rotatable bonds is 24. The maximum absolute atomic E-state index is 12.9. The van der Waals surface area contributed by atoms with E-state index in [1.807, 2.05) is 6.92 Å². The molecule has 0 atom stereocenters. The number of anilines is 3. The standard InChI is InChI=1S/C38H53Cl3N4O4/c1-3-5-7-8-9-10-11-12-13-14-15-16-17-18-19-20-35(46)42-29-21-22-30(39)33(26-29)43-34-27-36(47)45(44-34)37-31(40)24-28(25-32(37)41)38(48)49-23-6-4-2/h21-22,24-27,43-44H,3-20,23H2,1-2H3,(H,42,46). The Morgan fingerprint density at radius 2 is 1.27 bits per heavy atom. The van der Waals surface area contributed by atoms with E-state index < -0.39 is 11.5 Å². The molecular weight excluding hydrogens is 683 g/mol. The van der Waals surface area contributed by atoms with Crippen LogP contribution in [0.1, 0.15) is 140 Å². The van der Waals surface area contributed by atoms with E-state index in [1.165, 1.54) is 99.9 Å². The number of benzene rings is 2. The Morgan fingerprint density at radius 1 is 0.714 bits per heavy atom. The first kappa shape index (κ1) is 40.5. The maximum atomic E-state index is 12.9. The lowest BCUT2D eigenvalue weighted by molar-refractivity contribution is -0.116. The van der Waals surface area contributed by atoms with Crippen LogP contribution in [0.15, 0.2) is 41.2 Å². The largest absolute Gasteiger partial charge is 0.462 e. The molecule has 1 heterocycles. The molecule has 8 nitrogen and oxygen atoms in total. The van der Waals surface area contributed by atoms with Crippen molar-refractivity contribution in [1.29, 1.82) is 0 Å². The molecule has 0 saturated carbocycles. The number of amides is 1. The lowest BCUT2D eigenvalue weighted by atomic mass is 10.0. The molecule has 0 unspecified atom stereocenters. The number of esters is 1. The van der Waals surface area contributed by atoms with Gasteiger partial charge in [-0.1, -0.05) is 145 Å². The quantitative estimate of drug-likeness (QED) is 0.0627. The maximum Gasteiger partial charge on any atom is 0.338 e. The van der Waals surface area contributed by atoms with Crippen molar-refractivity contribution in [2.75, 3.05) is 17.2 Å². The van der Waals surface area contributed by atoms with E-state index in [0.29, 0.717) is 35.2 Å². The number of unbranched alkanes of at least 4 members (excludes halogenated alkanes) is 15. The van der Waals surface area contributed by atoms with Crippen LogP contribution in [0.5, 0.6) is 0 Å². The first-order chi connectivity index (χ1) is 23.7. The molecule has 11 heteroatoms. The molecule has 0 fully saturated rings. The minimum absolute atomic E-state index is 0.0514. The summed E-state index contributed by atoms with van der Waals surface area (Å²) in [6.07, 6.45) is 21.3. The van der Waals surface area contributed by atoms with Crippen LogP contribution in [0.3, 0.4) is 0 Å². The minimum atomic E-state index is -0.540. The van der Waals surface area contributed by atoms with Gasteiger partial charge in [-0.15, -0.1) is 0 Å². The molecule has 270 valence electrons. The zero-order valence-corrected chi connectivity index (χ0v) is 31.4. The lowest BCUT2D eigenvalue weighted by Crippen LogP contribution is -2.15. The summed E-state index contributed by atoms with van der Waals surface area (Å²) in [6.45, 7) is 4.56. The van der Waals surface area contributed by atoms with Gasteiger partial charge in [-0.3, -0.25) is 14.7 Å². The third-order valence-electron chi connectivity index (χ3n) is 8.45. The third-order valence-corrected chi connectivity index (χ3v) is 9.36. The highest BCUT2D eigenvalue weighted by molar-refractivity contribution is 6.38. The van der Waals surface area contributed by atoms with E-state index in [0.717, 1.165) is 32.1 Å². The average Bonchev–Trinajstić information content (AvgIpc) is 3.42. The van der Waals surface area contributed by atoms with Crippen LogP contribution < -0.4 is 16.2 Å². The summed E-state index contributed by atoms with van der Waals surface area (Å²) in [6, 6.07) is 9.28. The fraction of sp³-hybridized carbons (Fsp3) is 0.553. The molecule has 0 spiro atoms. The highest BCUT2D eigenvalue weighted by Gasteiger charge is 2.18. The molecule has 3 aromatic rings. The molecule has 0 aliphatic heterocycles. The number of nitrogens with zero attached hydrogens (tertiary/aromatic N) is 1. The van der Waals surface area contributed by atoms with Gasteiger partial charge in [0.05, 0.1) is 32.9 Å². The smallest absolute Gasteiger partial charge is 0.338 e. The van der Waals surface area contributed by atoms with E-state index >= 15 is 0 Å². The molecule has 49 heavy (non-hydrogen) atoms. The van der Waals surface area contributed by atoms with E-state index in [4.69, 9.17) is 39.5 Å². The first-order valence-electron chi connectivity index (χ1n) is 18.1. The second-order valence-electron chi connectivity index (χ2n) is 12.7. The van der Waals surface area contributed by atoms with E-state index in [2.05, 4.69) is 22.7 Å². The second-order valence-corrected chi connectivity index (χ2v) is 13.9. The fourth-order valence-corrected chi connectivity index (χ4v) is 6.46. The Bertz CT molecular complexity index is 1500. The summed E-state index contributed by atoms with van der Waals surface area (Å²) in [5.41, 5.74) is 1.03. The summed E-state index contributed by atoms with van der Waals surface area (Å²) in [4.78, 5) is 37.9. The lowest BCUT2D eigenvalue weighted by Gasteiger charge is -2.12. The number of halogens is 3. The first-order valence-corrected chi connectivity index (χ1v) is 19.2. The summed E-state index contributed by atoms with van der Waals surface area (Å²) < 4.78 is 6.42. The predicted octanol–water partition coefficient (Wildman–Crippen LogP) is 12.0. The van der Waals surface area contributed by atoms with Gasteiger partial charge in [-0.25, -0.2) is 9.48 Å². The summed E-state index contributed by atoms with van der Waals surface area (Å²) in [5.74, 6) is -0.269. The van der Waals surface area contributed by atoms with Crippen LogP contribution in [-0.2, 0) is 9.53 Å². The van der Waals surface area contributed by atoms with Crippen molar-refractivity contribution in [2.24, 2.45) is 0 Å². The molecule has 2 aromatic carbocycles. The van der Waals surface area contributed by atoms with Crippen LogP contribution in [0.2, 0.25) is 15.1 Å². The van der Waals surface area contributed by atoms with Crippen LogP contribution in [0.4, 0.5) is 17.2 Å². The molecule has 3 N–H and O–H groups in total. The Hall–Kier alpha value is -2.94. The monoisotopic (exact) mass is 734 g/mol. The van der Waals surface area contributed by atoms with Crippen LogP contribution in [0, 0.1) is 0 Å². The predicted molar refractivity (Wildman–Crippen MR) is 205 cm³/mol. The van der Waals surface area contributed by atoms with Crippen LogP contribution in [0.25, 0.3) is 5.69 Å². The highest BCUT2D eigenvalue weighted by atomic mass is 35.5. The number of carbonyl (C=O) groups is 2. The van der Waals surface area contributed by atoms with Gasteiger partial charge in [0.1, 0.15) is 11.5 Å². The number of carbonyl (C=O) groups excluding carboxylic acids is 2. The Balaban J connectivity index is 1.42. The minimum Gasteiger partial charge on any atom is -0.462 e. The Labute approximate surface area is 306 Å². The molecule has 1 aromatic heterocycles. The van der Waals surface area contributed by atoms with Crippen molar-refractivity contribution in [3.8, 4) is 5.69 Å². The van der Waals surface area contributed by atoms with Gasteiger partial charge in [0, 0.05) is 18.2 Å². The van der Waals surface area contributed by atoms with Crippen molar-refractivity contribution in [1.82, 2.24) is 9.78 Å². The van der Waals surface area contributed by atoms with E-state index in [9.17, 15) is 14.4 Å². The van der Waals surface area contributed by atoms with E-state index in [1.54, 1.807) is 18.2 Å². The van der Waals surface area contributed by atoms with Crippen LogP contribution in [-0.4, -0.2) is 28.3 Å². The summed E-state index contributed by atoms with van der Waals surface area (Å²) in [7, 11) is 0. The molecular formula is C38H53Cl3N4O4. The fourth-order valence-electron chi connectivity index (χ4n) is 5.64. The number of H-pyrrole nitrogens is 1. The average molecular weight is 736 g/mol. The SMILES string of the molecule is CCCCCCCCCCCCCCCCCC(=O)Nc1ccc(Cl)c(Nc2cc(=O)n(-c3c(Cl)cc(C(=O)OCCCC)cc3Cl)[nH]2)c1. The normalized spacial score (nSPS) is 11.1. The number of hydrogen-bond donors (Lipinski definition) is 3. The van der Waals surface area contributed by atoms with E-state index in [-0.39, 0.29) is 27.2 Å². The van der Waals surface area contributed by atoms with Gasteiger partial charge in [0.15, 0.2) is 0 Å². The molecule has 0 bridgehead atoms. The second kappa shape index (κ2) is 22.7. The van der Waals surface area contributed by atoms with Gasteiger partial charge in [-0.05, 0) is 43.2 Å². The van der Waals surface area contributed by atoms with Crippen LogP contribution >= 0.6 is 34.8 Å².